The van der Waals surface area contributed by atoms with Crippen LogP contribution in [-0.2, 0) is 9.59 Å². The van der Waals surface area contributed by atoms with Gasteiger partial charge in [0.05, 0.1) is 5.02 Å². The number of aromatic nitrogens is 1. The lowest BCUT2D eigenvalue weighted by Crippen LogP contribution is -2.14. The molecule has 1 aromatic carbocycles. The molecule has 0 unspecified atom stereocenters. The van der Waals surface area contributed by atoms with Crippen LogP contribution >= 0.6 is 11.6 Å². The van der Waals surface area contributed by atoms with Crippen molar-refractivity contribution in [2.24, 2.45) is 0 Å². The lowest BCUT2D eigenvalue weighted by atomic mass is 10.2. The smallest absolute Gasteiger partial charge is 0.267 e. The first-order valence-electron chi connectivity index (χ1n) is 7.15. The second-order valence-electron chi connectivity index (χ2n) is 4.89. The highest BCUT2D eigenvalue weighted by Gasteiger charge is 2.09. The number of amides is 2. The van der Waals surface area contributed by atoms with Gasteiger partial charge in [-0.3, -0.25) is 9.59 Å². The molecule has 0 aliphatic rings. The third-order valence-corrected chi connectivity index (χ3v) is 3.14. The molecule has 2 rings (SSSR count). The summed E-state index contributed by atoms with van der Waals surface area (Å²) < 4.78 is 0. The highest BCUT2D eigenvalue weighted by atomic mass is 35.5. The molecule has 25 heavy (non-hydrogen) atoms. The lowest BCUT2D eigenvalue weighted by Gasteiger charge is -2.07. The first-order valence-corrected chi connectivity index (χ1v) is 7.53. The van der Waals surface area contributed by atoms with Gasteiger partial charge >= 0.3 is 0 Å². The van der Waals surface area contributed by atoms with Gasteiger partial charge in [-0.15, -0.1) is 0 Å². The Morgan fingerprint density at radius 1 is 1.12 bits per heavy atom. The Morgan fingerprint density at radius 2 is 1.76 bits per heavy atom. The molecule has 3 N–H and O–H groups in total. The summed E-state index contributed by atoms with van der Waals surface area (Å²) in [5.41, 5.74) is 0.976. The molecule has 0 atom stereocenters. The minimum atomic E-state index is -0.573. The van der Waals surface area contributed by atoms with E-state index in [1.165, 1.54) is 19.3 Å². The van der Waals surface area contributed by atoms with Crippen LogP contribution in [0.3, 0.4) is 0 Å². The van der Waals surface area contributed by atoms with E-state index in [0.717, 1.165) is 0 Å². The largest absolute Gasteiger partial charge is 0.345 e. The fraction of sp³-hybridized carbons (Fsp3) is 0.0588. The van der Waals surface area contributed by atoms with Crippen LogP contribution in [0, 0.1) is 11.3 Å². The SMILES string of the molecule is CC(=O)Nc1ccc(NC(=O)/C(C#N)=C\Nc2ccc(Cl)cn2)cc1. The van der Waals surface area contributed by atoms with E-state index in [9.17, 15) is 9.59 Å². The Kier molecular flexibility index (Phi) is 6.09. The molecule has 1 aromatic heterocycles. The van der Waals surface area contributed by atoms with Gasteiger partial charge < -0.3 is 16.0 Å². The fourth-order valence-corrected chi connectivity index (χ4v) is 1.91. The minimum absolute atomic E-state index is 0.123. The molecule has 0 bridgehead atoms. The monoisotopic (exact) mass is 355 g/mol. The van der Waals surface area contributed by atoms with Gasteiger partial charge in [0.2, 0.25) is 5.91 Å². The Balaban J connectivity index is 2.01. The zero-order chi connectivity index (χ0) is 18.2. The van der Waals surface area contributed by atoms with Crippen LogP contribution < -0.4 is 16.0 Å². The summed E-state index contributed by atoms with van der Waals surface area (Å²) in [6.45, 7) is 1.40. The summed E-state index contributed by atoms with van der Waals surface area (Å²) >= 11 is 5.74. The van der Waals surface area contributed by atoms with E-state index in [1.54, 1.807) is 36.4 Å². The molecule has 1 heterocycles. The number of nitrogens with zero attached hydrogens (tertiary/aromatic N) is 2. The number of nitriles is 1. The highest BCUT2D eigenvalue weighted by molar-refractivity contribution is 6.30. The van der Waals surface area contributed by atoms with Crippen molar-refractivity contribution in [2.45, 2.75) is 6.92 Å². The first-order chi connectivity index (χ1) is 12.0. The lowest BCUT2D eigenvalue weighted by molar-refractivity contribution is -0.114. The number of benzene rings is 1. The number of halogens is 1. The van der Waals surface area contributed by atoms with Crippen LogP contribution in [0.15, 0.2) is 54.4 Å². The van der Waals surface area contributed by atoms with Crippen molar-refractivity contribution in [3.63, 3.8) is 0 Å². The van der Waals surface area contributed by atoms with E-state index < -0.39 is 5.91 Å². The van der Waals surface area contributed by atoms with E-state index in [2.05, 4.69) is 20.9 Å². The standard InChI is InChI=1S/C17H14ClN5O2/c1-11(24)22-14-3-5-15(6-4-14)23-17(25)12(8-19)9-20-16-7-2-13(18)10-21-16/h2-7,9-10H,1H3,(H,20,21)(H,22,24)(H,23,25)/b12-9-. The maximum absolute atomic E-state index is 12.1. The number of nitrogens with one attached hydrogen (secondary N) is 3. The Hall–Kier alpha value is -3.37. The van der Waals surface area contributed by atoms with Crippen LogP contribution in [0.25, 0.3) is 0 Å². The van der Waals surface area contributed by atoms with Crippen LogP contribution in [0.4, 0.5) is 17.2 Å². The molecule has 2 aromatic rings. The summed E-state index contributed by atoms with van der Waals surface area (Å²) in [4.78, 5) is 27.1. The number of carbonyl (C=O) groups is 2. The normalized spacial score (nSPS) is 10.5. The van der Waals surface area contributed by atoms with Gasteiger partial charge in [0, 0.05) is 30.7 Å². The van der Waals surface area contributed by atoms with Crippen molar-refractivity contribution in [3.8, 4) is 6.07 Å². The molecular weight excluding hydrogens is 342 g/mol. The van der Waals surface area contributed by atoms with Crippen LogP contribution in [-0.4, -0.2) is 16.8 Å². The van der Waals surface area contributed by atoms with Gasteiger partial charge in [0.1, 0.15) is 17.5 Å². The molecular formula is C17H14ClN5O2. The zero-order valence-corrected chi connectivity index (χ0v) is 14.0. The van der Waals surface area contributed by atoms with Gasteiger partial charge in [-0.2, -0.15) is 5.26 Å². The van der Waals surface area contributed by atoms with Gasteiger partial charge in [0.15, 0.2) is 0 Å². The maximum Gasteiger partial charge on any atom is 0.267 e. The second-order valence-corrected chi connectivity index (χ2v) is 5.32. The van der Waals surface area contributed by atoms with Gasteiger partial charge in [-0.05, 0) is 36.4 Å². The minimum Gasteiger partial charge on any atom is -0.345 e. The highest BCUT2D eigenvalue weighted by Crippen LogP contribution is 2.15. The number of hydrogen-bond acceptors (Lipinski definition) is 5. The predicted molar refractivity (Wildman–Crippen MR) is 95.9 cm³/mol. The average molecular weight is 356 g/mol. The molecule has 8 heteroatoms. The van der Waals surface area contributed by atoms with Crippen molar-refractivity contribution in [2.75, 3.05) is 16.0 Å². The molecule has 2 amide bonds. The third-order valence-electron chi connectivity index (χ3n) is 2.92. The maximum atomic E-state index is 12.1. The van der Waals surface area contributed by atoms with Crippen molar-refractivity contribution in [3.05, 3.63) is 59.4 Å². The van der Waals surface area contributed by atoms with Gasteiger partial charge in [0.25, 0.3) is 5.91 Å². The molecule has 0 aliphatic carbocycles. The molecule has 0 saturated heterocycles. The van der Waals surface area contributed by atoms with Crippen molar-refractivity contribution < 1.29 is 9.59 Å². The van der Waals surface area contributed by atoms with Crippen molar-refractivity contribution in [1.82, 2.24) is 4.98 Å². The molecule has 7 nitrogen and oxygen atoms in total. The molecule has 0 saturated carbocycles. The molecule has 0 spiro atoms. The Labute approximate surface area is 149 Å². The van der Waals surface area contributed by atoms with E-state index in [0.29, 0.717) is 22.2 Å². The van der Waals surface area contributed by atoms with E-state index in [1.807, 2.05) is 6.07 Å². The zero-order valence-electron chi connectivity index (χ0n) is 13.2. The third kappa shape index (κ3) is 5.64. The number of pyridine rings is 1. The topological polar surface area (TPSA) is 107 Å². The van der Waals surface area contributed by atoms with E-state index in [4.69, 9.17) is 16.9 Å². The second kappa shape index (κ2) is 8.47. The summed E-state index contributed by atoms with van der Waals surface area (Å²) in [5, 5.41) is 17.6. The Morgan fingerprint density at radius 3 is 2.28 bits per heavy atom. The van der Waals surface area contributed by atoms with Gasteiger partial charge in [-0.1, -0.05) is 11.6 Å². The van der Waals surface area contributed by atoms with E-state index >= 15 is 0 Å². The number of anilines is 3. The molecule has 0 radical (unpaired) electrons. The number of hydrogen-bond donors (Lipinski definition) is 3. The predicted octanol–water partition coefficient (Wildman–Crippen LogP) is 3.15. The first kappa shape index (κ1) is 18.0. The van der Waals surface area contributed by atoms with Crippen molar-refractivity contribution >= 4 is 40.6 Å². The molecule has 0 aliphatic heterocycles. The summed E-state index contributed by atoms with van der Waals surface area (Å²) in [6, 6.07) is 11.6. The summed E-state index contributed by atoms with van der Waals surface area (Å²) in [7, 11) is 0. The van der Waals surface area contributed by atoms with E-state index in [-0.39, 0.29) is 11.5 Å². The molecule has 0 fully saturated rings. The average Bonchev–Trinajstić information content (AvgIpc) is 2.58. The Bertz CT molecular complexity index is 839. The number of rotatable bonds is 5. The fourth-order valence-electron chi connectivity index (χ4n) is 1.79. The summed E-state index contributed by atoms with van der Waals surface area (Å²) in [5.74, 6) is -0.311. The quantitative estimate of drug-likeness (QED) is 0.564. The van der Waals surface area contributed by atoms with Crippen LogP contribution in [0.2, 0.25) is 5.02 Å². The van der Waals surface area contributed by atoms with Crippen molar-refractivity contribution in [1.29, 1.82) is 5.26 Å². The molecule has 126 valence electrons. The van der Waals surface area contributed by atoms with Crippen LogP contribution in [0.5, 0.6) is 0 Å². The summed E-state index contributed by atoms with van der Waals surface area (Å²) in [6.07, 6.45) is 2.71. The van der Waals surface area contributed by atoms with Gasteiger partial charge in [-0.25, -0.2) is 4.98 Å². The van der Waals surface area contributed by atoms with Crippen LogP contribution in [0.1, 0.15) is 6.92 Å². The number of carbonyl (C=O) groups excluding carboxylic acids is 2.